The Morgan fingerprint density at radius 1 is 1.47 bits per heavy atom. The van der Waals surface area contributed by atoms with Crippen LogP contribution in [0.5, 0.6) is 0 Å². The van der Waals surface area contributed by atoms with Gasteiger partial charge in [-0.15, -0.1) is 0 Å². The van der Waals surface area contributed by atoms with E-state index in [-0.39, 0.29) is 11.9 Å². The van der Waals surface area contributed by atoms with E-state index in [4.69, 9.17) is 11.6 Å². The summed E-state index contributed by atoms with van der Waals surface area (Å²) in [4.78, 5) is 11.0. The van der Waals surface area contributed by atoms with Crippen molar-refractivity contribution in [1.29, 1.82) is 0 Å². The minimum Gasteiger partial charge on any atom is -0.359 e. The SMILES string of the molecule is CNC(=O)CCCN[C@@H](C)c1cccc(Cl)c1. The number of carbonyl (C=O) groups excluding carboxylic acids is 1. The smallest absolute Gasteiger partial charge is 0.219 e. The third-order valence-electron chi connectivity index (χ3n) is 2.66. The van der Waals surface area contributed by atoms with Crippen molar-refractivity contribution in [1.82, 2.24) is 10.6 Å². The molecule has 1 rings (SSSR count). The summed E-state index contributed by atoms with van der Waals surface area (Å²) in [6.45, 7) is 2.91. The summed E-state index contributed by atoms with van der Waals surface area (Å²) in [5, 5.41) is 6.73. The molecule has 0 aliphatic carbocycles. The Balaban J connectivity index is 2.30. The Hall–Kier alpha value is -1.06. The van der Waals surface area contributed by atoms with E-state index in [2.05, 4.69) is 17.6 Å². The molecule has 17 heavy (non-hydrogen) atoms. The quantitative estimate of drug-likeness (QED) is 0.766. The number of benzene rings is 1. The Kier molecular flexibility index (Phi) is 6.01. The number of nitrogens with one attached hydrogen (secondary N) is 2. The lowest BCUT2D eigenvalue weighted by Crippen LogP contribution is -2.23. The van der Waals surface area contributed by atoms with Gasteiger partial charge in [0.05, 0.1) is 0 Å². The van der Waals surface area contributed by atoms with Gasteiger partial charge < -0.3 is 10.6 Å². The fraction of sp³-hybridized carbons (Fsp3) is 0.462. The molecule has 1 atom stereocenters. The highest BCUT2D eigenvalue weighted by Crippen LogP contribution is 2.17. The van der Waals surface area contributed by atoms with Crippen molar-refractivity contribution in [2.45, 2.75) is 25.8 Å². The van der Waals surface area contributed by atoms with E-state index >= 15 is 0 Å². The second-order valence-corrected chi connectivity index (χ2v) is 4.44. The van der Waals surface area contributed by atoms with E-state index in [0.717, 1.165) is 23.6 Å². The third-order valence-corrected chi connectivity index (χ3v) is 2.89. The Morgan fingerprint density at radius 2 is 2.24 bits per heavy atom. The molecule has 0 saturated heterocycles. The zero-order valence-corrected chi connectivity index (χ0v) is 11.1. The van der Waals surface area contributed by atoms with E-state index in [1.165, 1.54) is 0 Å². The van der Waals surface area contributed by atoms with Gasteiger partial charge in [-0.1, -0.05) is 23.7 Å². The molecule has 0 unspecified atom stereocenters. The summed E-state index contributed by atoms with van der Waals surface area (Å²) in [5.41, 5.74) is 1.16. The van der Waals surface area contributed by atoms with E-state index < -0.39 is 0 Å². The first-order chi connectivity index (χ1) is 8.13. The standard InChI is InChI=1S/C13H19ClN2O/c1-10(11-5-3-6-12(14)9-11)16-8-4-7-13(17)15-2/h3,5-6,9-10,16H,4,7-8H2,1-2H3,(H,15,17)/t10-/m0/s1. The maximum Gasteiger partial charge on any atom is 0.219 e. The molecule has 0 bridgehead atoms. The summed E-state index contributed by atoms with van der Waals surface area (Å²) in [7, 11) is 1.66. The number of hydrogen-bond donors (Lipinski definition) is 2. The van der Waals surface area contributed by atoms with E-state index in [1.54, 1.807) is 7.05 Å². The zero-order valence-electron chi connectivity index (χ0n) is 10.3. The maximum atomic E-state index is 11.0. The molecule has 94 valence electrons. The molecule has 1 amide bonds. The topological polar surface area (TPSA) is 41.1 Å². The molecule has 0 aliphatic rings. The molecule has 0 saturated carbocycles. The lowest BCUT2D eigenvalue weighted by Gasteiger charge is -2.14. The van der Waals surface area contributed by atoms with Crippen molar-refractivity contribution in [3.05, 3.63) is 34.9 Å². The molecule has 0 fully saturated rings. The number of rotatable bonds is 6. The van der Waals surface area contributed by atoms with Crippen LogP contribution in [0.3, 0.4) is 0 Å². The largest absolute Gasteiger partial charge is 0.359 e. The highest BCUT2D eigenvalue weighted by atomic mass is 35.5. The van der Waals surface area contributed by atoms with Gasteiger partial charge in [-0.3, -0.25) is 4.79 Å². The summed E-state index contributed by atoms with van der Waals surface area (Å²) in [5.74, 6) is 0.0854. The van der Waals surface area contributed by atoms with Gasteiger partial charge in [0.15, 0.2) is 0 Å². The van der Waals surface area contributed by atoms with E-state index in [9.17, 15) is 4.79 Å². The predicted molar refractivity (Wildman–Crippen MR) is 71.2 cm³/mol. The fourth-order valence-electron chi connectivity index (χ4n) is 1.59. The molecule has 0 radical (unpaired) electrons. The Labute approximate surface area is 108 Å². The van der Waals surface area contributed by atoms with Crippen LogP contribution < -0.4 is 10.6 Å². The van der Waals surface area contributed by atoms with Gasteiger partial charge in [0.25, 0.3) is 0 Å². The number of amides is 1. The van der Waals surface area contributed by atoms with Crippen LogP contribution >= 0.6 is 11.6 Å². The van der Waals surface area contributed by atoms with Crippen LogP contribution in [0.25, 0.3) is 0 Å². The van der Waals surface area contributed by atoms with Gasteiger partial charge >= 0.3 is 0 Å². The first kappa shape index (κ1) is 14.0. The Morgan fingerprint density at radius 3 is 2.88 bits per heavy atom. The second kappa shape index (κ2) is 7.30. The summed E-state index contributed by atoms with van der Waals surface area (Å²) < 4.78 is 0. The molecule has 3 nitrogen and oxygen atoms in total. The Bertz CT molecular complexity index is 368. The summed E-state index contributed by atoms with van der Waals surface area (Å²) in [6.07, 6.45) is 1.40. The van der Waals surface area contributed by atoms with Gasteiger partial charge in [0, 0.05) is 24.5 Å². The molecule has 0 aliphatic heterocycles. The lowest BCUT2D eigenvalue weighted by atomic mass is 10.1. The van der Waals surface area contributed by atoms with Gasteiger partial charge in [0.1, 0.15) is 0 Å². The van der Waals surface area contributed by atoms with Gasteiger partial charge in [-0.05, 0) is 37.6 Å². The normalized spacial score (nSPS) is 12.2. The van der Waals surface area contributed by atoms with Crippen LogP contribution in [0.2, 0.25) is 5.02 Å². The molecular weight excluding hydrogens is 236 g/mol. The fourth-order valence-corrected chi connectivity index (χ4v) is 1.79. The van der Waals surface area contributed by atoms with Crippen molar-refractivity contribution in [2.24, 2.45) is 0 Å². The van der Waals surface area contributed by atoms with Crippen LogP contribution in [0.1, 0.15) is 31.4 Å². The molecule has 4 heteroatoms. The molecule has 0 spiro atoms. The van der Waals surface area contributed by atoms with Crippen LogP contribution in [0.4, 0.5) is 0 Å². The molecule has 2 N–H and O–H groups in total. The zero-order chi connectivity index (χ0) is 12.7. The maximum absolute atomic E-state index is 11.0. The minimum atomic E-state index is 0.0854. The average molecular weight is 255 g/mol. The summed E-state index contributed by atoms with van der Waals surface area (Å²) in [6, 6.07) is 8.06. The molecule has 0 heterocycles. The summed E-state index contributed by atoms with van der Waals surface area (Å²) >= 11 is 5.93. The van der Waals surface area contributed by atoms with Crippen molar-refractivity contribution < 1.29 is 4.79 Å². The highest BCUT2D eigenvalue weighted by molar-refractivity contribution is 6.30. The molecule has 1 aromatic carbocycles. The van der Waals surface area contributed by atoms with Crippen LogP contribution in [0.15, 0.2) is 24.3 Å². The van der Waals surface area contributed by atoms with Crippen LogP contribution in [-0.2, 0) is 4.79 Å². The van der Waals surface area contributed by atoms with Gasteiger partial charge in [-0.25, -0.2) is 0 Å². The highest BCUT2D eigenvalue weighted by Gasteiger charge is 2.05. The van der Waals surface area contributed by atoms with Gasteiger partial charge in [-0.2, -0.15) is 0 Å². The first-order valence-electron chi connectivity index (χ1n) is 5.83. The number of hydrogen-bond acceptors (Lipinski definition) is 2. The second-order valence-electron chi connectivity index (χ2n) is 4.01. The number of halogens is 1. The number of carbonyl (C=O) groups is 1. The third kappa shape index (κ3) is 5.20. The first-order valence-corrected chi connectivity index (χ1v) is 6.20. The molecule has 0 aromatic heterocycles. The van der Waals surface area contributed by atoms with Crippen molar-refractivity contribution >= 4 is 17.5 Å². The van der Waals surface area contributed by atoms with Crippen molar-refractivity contribution in [2.75, 3.05) is 13.6 Å². The molecule has 1 aromatic rings. The minimum absolute atomic E-state index is 0.0854. The average Bonchev–Trinajstić information content (AvgIpc) is 2.34. The lowest BCUT2D eigenvalue weighted by molar-refractivity contribution is -0.120. The van der Waals surface area contributed by atoms with E-state index in [0.29, 0.717) is 6.42 Å². The van der Waals surface area contributed by atoms with Crippen molar-refractivity contribution in [3.8, 4) is 0 Å². The monoisotopic (exact) mass is 254 g/mol. The van der Waals surface area contributed by atoms with Crippen molar-refractivity contribution in [3.63, 3.8) is 0 Å². The molecular formula is C13H19ClN2O. The predicted octanol–water partition coefficient (Wildman–Crippen LogP) is 2.52. The van der Waals surface area contributed by atoms with Gasteiger partial charge in [0.2, 0.25) is 5.91 Å². The van der Waals surface area contributed by atoms with E-state index in [1.807, 2.05) is 24.3 Å². The van der Waals surface area contributed by atoms with Crippen LogP contribution in [-0.4, -0.2) is 19.5 Å². The van der Waals surface area contributed by atoms with Crippen LogP contribution in [0, 0.1) is 0 Å².